The van der Waals surface area contributed by atoms with Crippen molar-refractivity contribution in [3.05, 3.63) is 59.6 Å². The van der Waals surface area contributed by atoms with E-state index >= 15 is 0 Å². The highest BCUT2D eigenvalue weighted by atomic mass is 35.5. The Bertz CT molecular complexity index is 1010. The lowest BCUT2D eigenvalue weighted by Crippen LogP contribution is -2.22. The molecule has 0 saturated carbocycles. The van der Waals surface area contributed by atoms with Gasteiger partial charge in [0.1, 0.15) is 17.2 Å². The number of fused-ring (bicyclic) bond motifs is 3. The van der Waals surface area contributed by atoms with E-state index in [2.05, 4.69) is 5.32 Å². The number of sulfone groups is 1. The number of benzene rings is 2. The van der Waals surface area contributed by atoms with Crippen LogP contribution in [0.3, 0.4) is 0 Å². The molecule has 0 fully saturated rings. The molecule has 3 aromatic rings. The number of halogens is 2. The van der Waals surface area contributed by atoms with Crippen LogP contribution in [0.2, 0.25) is 0 Å². The van der Waals surface area contributed by atoms with Crippen molar-refractivity contribution in [2.24, 2.45) is 0 Å². The van der Waals surface area contributed by atoms with E-state index in [0.717, 1.165) is 35.7 Å². The minimum absolute atomic E-state index is 0. The summed E-state index contributed by atoms with van der Waals surface area (Å²) in [6.07, 6.45) is 0.788. The second kappa shape index (κ2) is 6.20. The van der Waals surface area contributed by atoms with Gasteiger partial charge in [0.25, 0.3) is 0 Å². The first-order chi connectivity index (χ1) is 11.1. The Labute approximate surface area is 145 Å². The molecule has 2 heterocycles. The Morgan fingerprint density at radius 3 is 2.67 bits per heavy atom. The van der Waals surface area contributed by atoms with Gasteiger partial charge in [0.05, 0.1) is 9.79 Å². The number of furan rings is 1. The van der Waals surface area contributed by atoms with Crippen LogP contribution in [-0.4, -0.2) is 15.0 Å². The van der Waals surface area contributed by atoms with Gasteiger partial charge in [-0.1, -0.05) is 6.07 Å². The van der Waals surface area contributed by atoms with E-state index in [1.807, 2.05) is 0 Å². The third kappa shape index (κ3) is 2.70. The topological polar surface area (TPSA) is 59.3 Å². The van der Waals surface area contributed by atoms with Crippen molar-refractivity contribution in [3.63, 3.8) is 0 Å². The van der Waals surface area contributed by atoms with Crippen molar-refractivity contribution >= 4 is 33.2 Å². The first-order valence-corrected chi connectivity index (χ1v) is 8.80. The average molecular weight is 368 g/mol. The summed E-state index contributed by atoms with van der Waals surface area (Å²) in [5.74, 6) is 0.330. The second-order valence-electron chi connectivity index (χ2n) is 5.55. The summed E-state index contributed by atoms with van der Waals surface area (Å²) in [5.41, 5.74) is 1.68. The number of nitrogens with one attached hydrogen (secondary N) is 1. The quantitative estimate of drug-likeness (QED) is 0.753. The molecule has 0 radical (unpaired) electrons. The first kappa shape index (κ1) is 17.0. The van der Waals surface area contributed by atoms with Crippen LogP contribution in [0.25, 0.3) is 11.0 Å². The fourth-order valence-corrected chi connectivity index (χ4v) is 4.24. The lowest BCUT2D eigenvalue weighted by Gasteiger charge is -2.11. The van der Waals surface area contributed by atoms with Gasteiger partial charge < -0.3 is 9.73 Å². The van der Waals surface area contributed by atoms with Gasteiger partial charge in [-0.15, -0.1) is 12.4 Å². The predicted molar refractivity (Wildman–Crippen MR) is 90.7 cm³/mol. The van der Waals surface area contributed by atoms with E-state index in [9.17, 15) is 12.8 Å². The van der Waals surface area contributed by atoms with Crippen LogP contribution in [0.1, 0.15) is 11.3 Å². The standard InChI is InChI=1S/C17H14FNO3S.ClH/c18-11-2-1-3-12(8-11)23(20,21)13-4-5-16-14(9-13)15-10-19-7-6-17(15)22-16;/h1-5,8-9,19H,6-7,10H2;1H. The molecule has 1 N–H and O–H groups in total. The minimum atomic E-state index is -3.76. The van der Waals surface area contributed by atoms with Crippen LogP contribution in [0, 0.1) is 5.82 Å². The van der Waals surface area contributed by atoms with Crippen LogP contribution in [0.4, 0.5) is 4.39 Å². The van der Waals surface area contributed by atoms with Crippen molar-refractivity contribution in [3.8, 4) is 0 Å². The third-order valence-electron chi connectivity index (χ3n) is 4.09. The van der Waals surface area contributed by atoms with Crippen molar-refractivity contribution < 1.29 is 17.2 Å². The summed E-state index contributed by atoms with van der Waals surface area (Å²) in [4.78, 5) is 0.0945. The van der Waals surface area contributed by atoms with Crippen LogP contribution in [0.15, 0.2) is 56.7 Å². The maximum Gasteiger partial charge on any atom is 0.206 e. The molecule has 0 amide bonds. The molecule has 126 valence electrons. The molecule has 1 aliphatic rings. The molecule has 0 unspecified atom stereocenters. The second-order valence-corrected chi connectivity index (χ2v) is 7.50. The fraction of sp³-hybridized carbons (Fsp3) is 0.176. The van der Waals surface area contributed by atoms with Gasteiger partial charge >= 0.3 is 0 Å². The van der Waals surface area contributed by atoms with Gasteiger partial charge in [0.2, 0.25) is 9.84 Å². The largest absolute Gasteiger partial charge is 0.461 e. The highest BCUT2D eigenvalue weighted by Crippen LogP contribution is 2.31. The normalized spacial score (nSPS) is 14.2. The monoisotopic (exact) mass is 367 g/mol. The molecule has 4 rings (SSSR count). The Hall–Kier alpha value is -1.89. The van der Waals surface area contributed by atoms with Gasteiger partial charge in [-0.05, 0) is 36.4 Å². The Balaban J connectivity index is 0.00000169. The lowest BCUT2D eigenvalue weighted by molar-refractivity contribution is 0.500. The van der Waals surface area contributed by atoms with Crippen LogP contribution in [0.5, 0.6) is 0 Å². The molecular weight excluding hydrogens is 353 g/mol. The Morgan fingerprint density at radius 2 is 1.88 bits per heavy atom. The van der Waals surface area contributed by atoms with E-state index in [1.165, 1.54) is 24.3 Å². The molecule has 0 saturated heterocycles. The smallest absolute Gasteiger partial charge is 0.206 e. The van der Waals surface area contributed by atoms with E-state index in [1.54, 1.807) is 12.1 Å². The molecule has 0 spiro atoms. The SMILES string of the molecule is Cl.O=S(=O)(c1cccc(F)c1)c1ccc2oc3c(c2c1)CNCC3. The fourth-order valence-electron chi connectivity index (χ4n) is 2.93. The van der Waals surface area contributed by atoms with E-state index in [-0.39, 0.29) is 22.2 Å². The average Bonchev–Trinajstić information content (AvgIpc) is 2.92. The van der Waals surface area contributed by atoms with E-state index in [0.29, 0.717) is 12.1 Å². The van der Waals surface area contributed by atoms with Gasteiger partial charge in [0.15, 0.2) is 0 Å². The zero-order valence-corrected chi connectivity index (χ0v) is 14.2. The van der Waals surface area contributed by atoms with Crippen LogP contribution >= 0.6 is 12.4 Å². The van der Waals surface area contributed by atoms with Gasteiger partial charge in [-0.3, -0.25) is 0 Å². The molecule has 1 aliphatic heterocycles. The zero-order valence-electron chi connectivity index (χ0n) is 12.6. The van der Waals surface area contributed by atoms with Crippen molar-refractivity contribution in [1.29, 1.82) is 0 Å². The van der Waals surface area contributed by atoms with Gasteiger partial charge in [-0.2, -0.15) is 0 Å². The molecular formula is C17H15ClFNO3S. The number of hydrogen-bond acceptors (Lipinski definition) is 4. The van der Waals surface area contributed by atoms with Crippen molar-refractivity contribution in [2.75, 3.05) is 6.54 Å². The Morgan fingerprint density at radius 1 is 1.08 bits per heavy atom. The van der Waals surface area contributed by atoms with Gasteiger partial charge in [0, 0.05) is 30.5 Å². The summed E-state index contributed by atoms with van der Waals surface area (Å²) < 4.78 is 44.6. The maximum absolute atomic E-state index is 13.4. The molecule has 0 atom stereocenters. The van der Waals surface area contributed by atoms with E-state index < -0.39 is 15.7 Å². The summed E-state index contributed by atoms with van der Waals surface area (Å²) in [6.45, 7) is 1.51. The van der Waals surface area contributed by atoms with E-state index in [4.69, 9.17) is 4.42 Å². The highest BCUT2D eigenvalue weighted by Gasteiger charge is 2.22. The highest BCUT2D eigenvalue weighted by molar-refractivity contribution is 7.91. The van der Waals surface area contributed by atoms with Crippen LogP contribution < -0.4 is 5.32 Å². The minimum Gasteiger partial charge on any atom is -0.461 e. The molecule has 7 heteroatoms. The van der Waals surface area contributed by atoms with Crippen LogP contribution in [-0.2, 0) is 22.8 Å². The summed E-state index contributed by atoms with van der Waals surface area (Å²) in [5, 5.41) is 4.05. The third-order valence-corrected chi connectivity index (χ3v) is 5.84. The molecule has 4 nitrogen and oxygen atoms in total. The molecule has 1 aromatic heterocycles. The molecule has 0 bridgehead atoms. The number of hydrogen-bond donors (Lipinski definition) is 1. The zero-order chi connectivity index (χ0) is 16.0. The summed E-state index contributed by atoms with van der Waals surface area (Å²) >= 11 is 0. The molecule has 2 aromatic carbocycles. The molecule has 24 heavy (non-hydrogen) atoms. The lowest BCUT2D eigenvalue weighted by atomic mass is 10.1. The van der Waals surface area contributed by atoms with Gasteiger partial charge in [-0.25, -0.2) is 12.8 Å². The summed E-state index contributed by atoms with van der Waals surface area (Å²) in [6, 6.07) is 9.83. The summed E-state index contributed by atoms with van der Waals surface area (Å²) in [7, 11) is -3.76. The number of rotatable bonds is 2. The van der Waals surface area contributed by atoms with Crippen molar-refractivity contribution in [2.45, 2.75) is 22.8 Å². The predicted octanol–water partition coefficient (Wildman–Crippen LogP) is 3.47. The maximum atomic E-state index is 13.4. The first-order valence-electron chi connectivity index (χ1n) is 7.31. The van der Waals surface area contributed by atoms with Crippen molar-refractivity contribution in [1.82, 2.24) is 5.32 Å². The molecule has 0 aliphatic carbocycles. The Kier molecular flexibility index (Phi) is 4.38.